The summed E-state index contributed by atoms with van der Waals surface area (Å²) in [6, 6.07) is 18.1. The highest BCUT2D eigenvalue weighted by Gasteiger charge is 2.27. The summed E-state index contributed by atoms with van der Waals surface area (Å²) in [6.45, 7) is 7.19. The molecule has 4 aromatic rings. The van der Waals surface area contributed by atoms with Gasteiger partial charge in [-0.2, -0.15) is 0 Å². The Balaban J connectivity index is 1.19. The first kappa shape index (κ1) is 26.0. The van der Waals surface area contributed by atoms with Gasteiger partial charge in [0.2, 0.25) is 0 Å². The molecule has 2 amide bonds. The lowest BCUT2D eigenvalue weighted by atomic mass is 10.1. The number of benzene rings is 3. The molecule has 11 heteroatoms. The second-order valence-electron chi connectivity index (χ2n) is 10.1. The Morgan fingerprint density at radius 3 is 2.46 bits per heavy atom. The zero-order chi connectivity index (χ0) is 27.6. The molecule has 2 N–H and O–H groups in total. The fourth-order valence-electron chi connectivity index (χ4n) is 4.30. The molecule has 1 aliphatic heterocycles. The second-order valence-corrected chi connectivity index (χ2v) is 10.1. The van der Waals surface area contributed by atoms with E-state index in [1.165, 1.54) is 6.07 Å². The van der Waals surface area contributed by atoms with Crippen molar-refractivity contribution in [2.24, 2.45) is 0 Å². The van der Waals surface area contributed by atoms with Crippen molar-refractivity contribution in [3.8, 4) is 0 Å². The van der Waals surface area contributed by atoms with Crippen LogP contribution < -0.4 is 15.5 Å². The molecule has 10 nitrogen and oxygen atoms in total. The molecule has 0 spiro atoms. The summed E-state index contributed by atoms with van der Waals surface area (Å²) in [7, 11) is 0. The van der Waals surface area contributed by atoms with Crippen LogP contribution in [0.3, 0.4) is 0 Å². The molecule has 0 atom stereocenters. The highest BCUT2D eigenvalue weighted by molar-refractivity contribution is 6.01. The Morgan fingerprint density at radius 2 is 1.72 bits per heavy atom. The standard InChI is InChI=1S/C28H29FN6O4/c1-28(2,3)39-27(37)35-15-13-34(14-16-35)23-12-11-19(17-21(23)29)30-24(36)25-32-33-26(38-25)31-22-10-6-8-18-7-4-5-9-20(18)22/h4-12,17H,13-16H2,1-3H3,(H,30,36)(H,31,33). The molecule has 1 fully saturated rings. The summed E-state index contributed by atoms with van der Waals surface area (Å²) in [6.07, 6.45) is -0.378. The average molecular weight is 533 g/mol. The lowest BCUT2D eigenvalue weighted by molar-refractivity contribution is 0.0240. The number of carbonyl (C=O) groups is 2. The number of nitrogens with one attached hydrogen (secondary N) is 2. The number of rotatable bonds is 5. The summed E-state index contributed by atoms with van der Waals surface area (Å²) in [4.78, 5) is 28.4. The van der Waals surface area contributed by atoms with Gasteiger partial charge < -0.3 is 29.6 Å². The van der Waals surface area contributed by atoms with Gasteiger partial charge in [0.25, 0.3) is 0 Å². The monoisotopic (exact) mass is 532 g/mol. The molecule has 202 valence electrons. The third kappa shape index (κ3) is 6.08. The number of amides is 2. The normalized spacial score (nSPS) is 13.8. The van der Waals surface area contributed by atoms with Gasteiger partial charge in [-0.15, -0.1) is 5.10 Å². The van der Waals surface area contributed by atoms with Gasteiger partial charge in [0.15, 0.2) is 0 Å². The number of halogens is 1. The van der Waals surface area contributed by atoms with Crippen molar-refractivity contribution in [1.29, 1.82) is 0 Å². The largest absolute Gasteiger partial charge is 0.444 e. The zero-order valence-corrected chi connectivity index (χ0v) is 21.9. The molecule has 2 heterocycles. The van der Waals surface area contributed by atoms with Crippen LogP contribution in [0.25, 0.3) is 10.8 Å². The van der Waals surface area contributed by atoms with Crippen LogP contribution in [0.5, 0.6) is 0 Å². The van der Waals surface area contributed by atoms with Crippen molar-refractivity contribution in [1.82, 2.24) is 15.1 Å². The van der Waals surface area contributed by atoms with Crippen molar-refractivity contribution < 1.29 is 23.1 Å². The van der Waals surface area contributed by atoms with Crippen LogP contribution >= 0.6 is 0 Å². The quantitative estimate of drug-likeness (QED) is 0.351. The highest BCUT2D eigenvalue weighted by Crippen LogP contribution is 2.27. The van der Waals surface area contributed by atoms with E-state index in [1.807, 2.05) is 68.1 Å². The van der Waals surface area contributed by atoms with Crippen LogP contribution in [0.4, 0.5) is 32.3 Å². The Hall–Kier alpha value is -4.67. The van der Waals surface area contributed by atoms with E-state index in [2.05, 4.69) is 20.8 Å². The maximum absolute atomic E-state index is 15.0. The van der Waals surface area contributed by atoms with Crippen molar-refractivity contribution in [3.63, 3.8) is 0 Å². The van der Waals surface area contributed by atoms with Gasteiger partial charge in [-0.3, -0.25) is 4.79 Å². The molecule has 0 saturated carbocycles. The highest BCUT2D eigenvalue weighted by atomic mass is 19.1. The van der Waals surface area contributed by atoms with Gasteiger partial charge in [-0.1, -0.05) is 41.5 Å². The number of hydrogen-bond acceptors (Lipinski definition) is 8. The summed E-state index contributed by atoms with van der Waals surface area (Å²) in [5, 5.41) is 15.3. The van der Waals surface area contributed by atoms with Crippen LogP contribution in [0, 0.1) is 5.82 Å². The van der Waals surface area contributed by atoms with Crippen molar-refractivity contribution in [2.45, 2.75) is 26.4 Å². The third-order valence-corrected chi connectivity index (χ3v) is 6.13. The molecular weight excluding hydrogens is 503 g/mol. The van der Waals surface area contributed by atoms with E-state index >= 15 is 0 Å². The van der Waals surface area contributed by atoms with Crippen LogP contribution in [-0.2, 0) is 4.74 Å². The minimum absolute atomic E-state index is 0.0588. The Labute approximate surface area is 224 Å². The lowest BCUT2D eigenvalue weighted by Gasteiger charge is -2.36. The number of fused-ring (bicyclic) bond motifs is 1. The molecule has 0 bridgehead atoms. The fraction of sp³-hybridized carbons (Fsp3) is 0.286. The van der Waals surface area contributed by atoms with Gasteiger partial charge in [-0.25, -0.2) is 9.18 Å². The number of ether oxygens (including phenoxy) is 1. The van der Waals surface area contributed by atoms with Crippen molar-refractivity contribution >= 4 is 45.8 Å². The van der Waals surface area contributed by atoms with Gasteiger partial charge in [0.05, 0.1) is 11.4 Å². The smallest absolute Gasteiger partial charge is 0.410 e. The number of nitrogens with zero attached hydrogens (tertiary/aromatic N) is 4. The minimum Gasteiger partial charge on any atom is -0.444 e. The van der Waals surface area contributed by atoms with E-state index in [0.717, 1.165) is 16.5 Å². The fourth-order valence-corrected chi connectivity index (χ4v) is 4.30. The first-order chi connectivity index (χ1) is 18.7. The number of hydrogen-bond donors (Lipinski definition) is 2. The van der Waals surface area contributed by atoms with Crippen molar-refractivity contribution in [3.05, 3.63) is 72.4 Å². The average Bonchev–Trinajstić information content (AvgIpc) is 3.37. The number of anilines is 4. The van der Waals surface area contributed by atoms with Crippen molar-refractivity contribution in [2.75, 3.05) is 41.7 Å². The first-order valence-corrected chi connectivity index (χ1v) is 12.6. The Morgan fingerprint density at radius 1 is 0.974 bits per heavy atom. The number of aromatic nitrogens is 2. The van der Waals surface area contributed by atoms with Gasteiger partial charge >= 0.3 is 23.9 Å². The molecule has 0 aliphatic carbocycles. The van der Waals surface area contributed by atoms with Crippen LogP contribution in [-0.4, -0.2) is 58.9 Å². The summed E-state index contributed by atoms with van der Waals surface area (Å²) in [5.41, 5.74) is 0.816. The molecule has 39 heavy (non-hydrogen) atoms. The van der Waals surface area contributed by atoms with Gasteiger partial charge in [0.1, 0.15) is 11.4 Å². The second kappa shape index (κ2) is 10.6. The maximum atomic E-state index is 15.0. The van der Waals surface area contributed by atoms with E-state index in [9.17, 15) is 14.0 Å². The molecular formula is C28H29FN6O4. The van der Waals surface area contributed by atoms with Crippen LogP contribution in [0.1, 0.15) is 31.5 Å². The predicted octanol–water partition coefficient (Wildman–Crippen LogP) is 5.41. The lowest BCUT2D eigenvalue weighted by Crippen LogP contribution is -2.50. The summed E-state index contributed by atoms with van der Waals surface area (Å²) in [5.74, 6) is -1.42. The Kier molecular flexibility index (Phi) is 7.05. The molecule has 5 rings (SSSR count). The SMILES string of the molecule is CC(C)(C)OC(=O)N1CCN(c2ccc(NC(=O)c3nnc(Nc4cccc5ccccc45)o3)cc2F)CC1. The number of carbonyl (C=O) groups excluding carboxylic acids is 2. The van der Waals surface area contributed by atoms with Crippen LogP contribution in [0.15, 0.2) is 65.1 Å². The van der Waals surface area contributed by atoms with Crippen LogP contribution in [0.2, 0.25) is 0 Å². The zero-order valence-electron chi connectivity index (χ0n) is 21.9. The molecule has 1 aromatic heterocycles. The molecule has 1 aliphatic rings. The van der Waals surface area contributed by atoms with E-state index in [4.69, 9.17) is 9.15 Å². The van der Waals surface area contributed by atoms with Gasteiger partial charge in [-0.05, 0) is 50.4 Å². The van der Waals surface area contributed by atoms with Gasteiger partial charge in [0, 0.05) is 37.3 Å². The first-order valence-electron chi connectivity index (χ1n) is 12.6. The molecule has 0 radical (unpaired) electrons. The Bertz CT molecular complexity index is 1500. The summed E-state index contributed by atoms with van der Waals surface area (Å²) >= 11 is 0. The predicted molar refractivity (Wildman–Crippen MR) is 146 cm³/mol. The summed E-state index contributed by atoms with van der Waals surface area (Å²) < 4.78 is 25.9. The molecule has 3 aromatic carbocycles. The van der Waals surface area contributed by atoms with E-state index < -0.39 is 17.3 Å². The maximum Gasteiger partial charge on any atom is 0.410 e. The minimum atomic E-state index is -0.661. The molecule has 0 unspecified atom stereocenters. The van der Waals surface area contributed by atoms with E-state index in [-0.39, 0.29) is 23.7 Å². The van der Waals surface area contributed by atoms with E-state index in [1.54, 1.807) is 17.0 Å². The number of piperazine rings is 1. The molecule has 1 saturated heterocycles. The topological polar surface area (TPSA) is 113 Å². The van der Waals surface area contributed by atoms with E-state index in [0.29, 0.717) is 31.9 Å². The third-order valence-electron chi connectivity index (χ3n) is 6.13.